The number of carboxylic acid groups (broad SMARTS) is 1. The van der Waals surface area contributed by atoms with Gasteiger partial charge in [0.15, 0.2) is 16.7 Å². The van der Waals surface area contributed by atoms with E-state index in [1.165, 1.54) is 11.3 Å². The number of aromatic nitrogens is 2. The number of hydrogen-bond acceptors (Lipinski definition) is 6. The number of ether oxygens (including phenoxy) is 1. The highest BCUT2D eigenvalue weighted by Crippen LogP contribution is 2.45. The Morgan fingerprint density at radius 2 is 2.03 bits per heavy atom. The van der Waals surface area contributed by atoms with E-state index in [1.54, 1.807) is 36.7 Å². The Hall–Kier alpha value is -3.21. The SMILES string of the molecule is C[C@H]1CC(Oc2cccc(C(F)(F)F)c2F)CC[C@]1(C(=O)O)c1cccc(Nc2nccs2)n1. The third kappa shape index (κ3) is 4.56. The summed E-state index contributed by atoms with van der Waals surface area (Å²) in [4.78, 5) is 21.2. The summed E-state index contributed by atoms with van der Waals surface area (Å²) in [6.45, 7) is 1.73. The summed E-state index contributed by atoms with van der Waals surface area (Å²) in [6, 6.07) is 7.93. The lowest BCUT2D eigenvalue weighted by Crippen LogP contribution is -2.48. The smallest absolute Gasteiger partial charge is 0.419 e. The minimum absolute atomic E-state index is 0.127. The second-order valence-electron chi connectivity index (χ2n) is 8.18. The number of halogens is 4. The van der Waals surface area contributed by atoms with Crippen molar-refractivity contribution in [2.75, 3.05) is 5.32 Å². The molecular weight excluding hydrogens is 474 g/mol. The predicted octanol–water partition coefficient (Wildman–Crippen LogP) is 6.03. The second-order valence-corrected chi connectivity index (χ2v) is 9.07. The zero-order valence-electron chi connectivity index (χ0n) is 18.0. The predicted molar refractivity (Wildman–Crippen MR) is 118 cm³/mol. The number of hydrogen-bond donors (Lipinski definition) is 2. The molecule has 1 fully saturated rings. The molecule has 1 aromatic carbocycles. The molecule has 3 aromatic rings. The Morgan fingerprint density at radius 3 is 2.68 bits per heavy atom. The Bertz CT molecular complexity index is 1170. The van der Waals surface area contributed by atoms with E-state index in [0.717, 1.165) is 12.1 Å². The number of anilines is 2. The first-order chi connectivity index (χ1) is 16.1. The summed E-state index contributed by atoms with van der Waals surface area (Å²) < 4.78 is 59.1. The van der Waals surface area contributed by atoms with Gasteiger partial charge < -0.3 is 15.2 Å². The van der Waals surface area contributed by atoms with Gasteiger partial charge in [-0.3, -0.25) is 4.79 Å². The first-order valence-corrected chi connectivity index (χ1v) is 11.4. The van der Waals surface area contributed by atoms with Crippen LogP contribution in [0.3, 0.4) is 0 Å². The van der Waals surface area contributed by atoms with Crippen LogP contribution in [-0.2, 0) is 16.4 Å². The highest BCUT2D eigenvalue weighted by Gasteiger charge is 2.50. The summed E-state index contributed by atoms with van der Waals surface area (Å²) in [5.41, 5.74) is -2.37. The average molecular weight is 495 g/mol. The number of aliphatic carboxylic acids is 1. The highest BCUT2D eigenvalue weighted by atomic mass is 32.1. The van der Waals surface area contributed by atoms with E-state index in [-0.39, 0.29) is 19.3 Å². The minimum atomic E-state index is -4.84. The van der Waals surface area contributed by atoms with Crippen molar-refractivity contribution < 1.29 is 32.2 Å². The van der Waals surface area contributed by atoms with E-state index in [2.05, 4.69) is 15.3 Å². The van der Waals surface area contributed by atoms with E-state index in [1.807, 2.05) is 0 Å². The molecule has 11 heteroatoms. The number of thiazole rings is 1. The van der Waals surface area contributed by atoms with Crippen LogP contribution in [0.2, 0.25) is 0 Å². The van der Waals surface area contributed by atoms with Gasteiger partial charge in [-0.25, -0.2) is 14.4 Å². The standard InChI is InChI=1S/C23H21F4N3O3S/c1-13-12-14(33-16-5-2-4-15(19(16)24)23(25,26)27)8-9-22(13,20(31)32)17-6-3-7-18(29-17)30-21-28-10-11-34-21/h2-7,10-11,13-14H,8-9,12H2,1H3,(H,31,32)(H,28,29,30)/t13-,14?,22+/m0/s1. The number of carbonyl (C=O) groups is 1. The summed E-state index contributed by atoms with van der Waals surface area (Å²) in [7, 11) is 0. The molecule has 2 N–H and O–H groups in total. The molecule has 6 nitrogen and oxygen atoms in total. The largest absolute Gasteiger partial charge is 0.487 e. The molecule has 0 radical (unpaired) electrons. The first kappa shape index (κ1) is 23.9. The molecule has 0 bridgehead atoms. The van der Waals surface area contributed by atoms with Crippen molar-refractivity contribution in [3.8, 4) is 5.75 Å². The van der Waals surface area contributed by atoms with E-state index in [9.17, 15) is 27.5 Å². The number of nitrogens with zero attached hydrogens (tertiary/aromatic N) is 2. The molecule has 0 saturated heterocycles. The Balaban J connectivity index is 1.56. The number of benzene rings is 1. The molecule has 1 aliphatic rings. The van der Waals surface area contributed by atoms with Gasteiger partial charge in [-0.15, -0.1) is 11.3 Å². The van der Waals surface area contributed by atoms with Gasteiger partial charge >= 0.3 is 12.1 Å². The number of pyridine rings is 1. The normalized spacial score (nSPS) is 22.9. The molecule has 4 rings (SSSR count). The number of alkyl halides is 3. The zero-order chi connectivity index (χ0) is 24.5. The Morgan fingerprint density at radius 1 is 1.26 bits per heavy atom. The van der Waals surface area contributed by atoms with Gasteiger partial charge in [-0.2, -0.15) is 13.2 Å². The molecule has 34 heavy (non-hydrogen) atoms. The van der Waals surface area contributed by atoms with Gasteiger partial charge in [-0.05, 0) is 49.4 Å². The maximum Gasteiger partial charge on any atom is 0.419 e. The minimum Gasteiger partial charge on any atom is -0.487 e. The number of carboxylic acids is 1. The van der Waals surface area contributed by atoms with Crippen molar-refractivity contribution in [1.82, 2.24) is 9.97 Å². The maximum atomic E-state index is 14.4. The van der Waals surface area contributed by atoms with E-state index in [0.29, 0.717) is 22.7 Å². The molecule has 2 aromatic heterocycles. The fourth-order valence-corrected chi connectivity index (χ4v) is 4.95. The molecule has 1 unspecified atom stereocenters. The van der Waals surface area contributed by atoms with Crippen molar-refractivity contribution in [2.45, 2.75) is 43.9 Å². The summed E-state index contributed by atoms with van der Waals surface area (Å²) in [5.74, 6) is -3.06. The number of rotatable bonds is 6. The van der Waals surface area contributed by atoms with Gasteiger partial charge in [0, 0.05) is 11.6 Å². The van der Waals surface area contributed by atoms with Crippen molar-refractivity contribution in [2.24, 2.45) is 5.92 Å². The zero-order valence-corrected chi connectivity index (χ0v) is 18.8. The molecule has 0 spiro atoms. The van der Waals surface area contributed by atoms with Crippen LogP contribution in [0.4, 0.5) is 28.5 Å². The molecule has 180 valence electrons. The van der Waals surface area contributed by atoms with E-state index >= 15 is 0 Å². The lowest BCUT2D eigenvalue weighted by atomic mass is 9.64. The molecule has 1 aliphatic carbocycles. The highest BCUT2D eigenvalue weighted by molar-refractivity contribution is 7.13. The van der Waals surface area contributed by atoms with E-state index in [4.69, 9.17) is 4.74 Å². The van der Waals surface area contributed by atoms with Gasteiger partial charge in [0.25, 0.3) is 0 Å². The average Bonchev–Trinajstić information content (AvgIpc) is 3.28. The topological polar surface area (TPSA) is 84.3 Å². The van der Waals surface area contributed by atoms with Crippen LogP contribution < -0.4 is 10.1 Å². The van der Waals surface area contributed by atoms with Gasteiger partial charge in [0.1, 0.15) is 11.2 Å². The molecule has 3 atom stereocenters. The maximum absolute atomic E-state index is 14.4. The van der Waals surface area contributed by atoms with Crippen molar-refractivity contribution in [1.29, 1.82) is 0 Å². The van der Waals surface area contributed by atoms with Gasteiger partial charge in [0.2, 0.25) is 0 Å². The van der Waals surface area contributed by atoms with E-state index < -0.39 is 46.7 Å². The lowest BCUT2D eigenvalue weighted by Gasteiger charge is -2.41. The van der Waals surface area contributed by atoms with Crippen molar-refractivity contribution in [3.63, 3.8) is 0 Å². The summed E-state index contributed by atoms with van der Waals surface area (Å²) in [5, 5.41) is 15.7. The second kappa shape index (κ2) is 9.21. The van der Waals surface area contributed by atoms with Crippen LogP contribution in [0.15, 0.2) is 48.0 Å². The lowest BCUT2D eigenvalue weighted by molar-refractivity contribution is -0.149. The fraction of sp³-hybridized carbons (Fsp3) is 0.348. The summed E-state index contributed by atoms with van der Waals surface area (Å²) >= 11 is 1.37. The van der Waals surface area contributed by atoms with Crippen LogP contribution in [0, 0.1) is 11.7 Å². The van der Waals surface area contributed by atoms with Crippen molar-refractivity contribution >= 4 is 28.3 Å². The summed E-state index contributed by atoms with van der Waals surface area (Å²) in [6.07, 6.45) is -3.32. The van der Waals surface area contributed by atoms with Crippen LogP contribution in [0.5, 0.6) is 5.75 Å². The molecule has 0 amide bonds. The molecule has 2 heterocycles. The fourth-order valence-electron chi connectivity index (χ4n) is 4.41. The third-order valence-electron chi connectivity index (χ3n) is 6.14. The van der Waals surface area contributed by atoms with Gasteiger partial charge in [-0.1, -0.05) is 19.1 Å². The molecular formula is C23H21F4N3O3S. The van der Waals surface area contributed by atoms with Crippen molar-refractivity contribution in [3.05, 3.63) is 65.0 Å². The van der Waals surface area contributed by atoms with Crippen LogP contribution in [0.1, 0.15) is 37.4 Å². The third-order valence-corrected chi connectivity index (χ3v) is 6.82. The first-order valence-electron chi connectivity index (χ1n) is 10.5. The van der Waals surface area contributed by atoms with Crippen LogP contribution in [-0.4, -0.2) is 27.1 Å². The molecule has 1 saturated carbocycles. The number of nitrogens with one attached hydrogen (secondary N) is 1. The Labute approximate surface area is 196 Å². The Kier molecular flexibility index (Phi) is 6.48. The van der Waals surface area contributed by atoms with Gasteiger partial charge in [0.05, 0.1) is 17.4 Å². The monoisotopic (exact) mass is 495 g/mol. The molecule has 0 aliphatic heterocycles. The van der Waals surface area contributed by atoms with Crippen LogP contribution >= 0.6 is 11.3 Å². The van der Waals surface area contributed by atoms with Crippen LogP contribution in [0.25, 0.3) is 0 Å². The quantitative estimate of drug-likeness (QED) is 0.406.